The van der Waals surface area contributed by atoms with Crippen molar-refractivity contribution >= 4 is 21.9 Å². The molecule has 0 fully saturated rings. The molecule has 0 saturated carbocycles. The summed E-state index contributed by atoms with van der Waals surface area (Å²) in [5.74, 6) is 0.526. The summed E-state index contributed by atoms with van der Waals surface area (Å²) in [5, 5.41) is 0. The minimum atomic E-state index is 0.526. The highest BCUT2D eigenvalue weighted by molar-refractivity contribution is 9.10. The van der Waals surface area contributed by atoms with Crippen molar-refractivity contribution in [2.24, 2.45) is 0 Å². The summed E-state index contributed by atoms with van der Waals surface area (Å²) in [6, 6.07) is 6.08. The molecule has 1 aromatic carbocycles. The standard InChI is InChI=1S/C11H12BrN3/c1-7-5-9(12)3-4-10(7)15-6-8(2)14-11(15)13/h3-6H,1-2H3,(H2,13,14). The quantitative estimate of drug-likeness (QED) is 0.862. The van der Waals surface area contributed by atoms with Gasteiger partial charge in [0.05, 0.1) is 11.4 Å². The maximum Gasteiger partial charge on any atom is 0.205 e. The van der Waals surface area contributed by atoms with Crippen LogP contribution >= 0.6 is 15.9 Å². The fraction of sp³-hybridized carbons (Fsp3) is 0.182. The average Bonchev–Trinajstić information content (AvgIpc) is 2.45. The molecule has 2 N–H and O–H groups in total. The lowest BCUT2D eigenvalue weighted by atomic mass is 10.2. The minimum Gasteiger partial charge on any atom is -0.369 e. The van der Waals surface area contributed by atoms with Gasteiger partial charge in [-0.15, -0.1) is 0 Å². The number of hydrogen-bond donors (Lipinski definition) is 1. The number of benzene rings is 1. The number of aromatic nitrogens is 2. The highest BCUT2D eigenvalue weighted by Gasteiger charge is 2.06. The van der Waals surface area contributed by atoms with Gasteiger partial charge >= 0.3 is 0 Å². The lowest BCUT2D eigenvalue weighted by Gasteiger charge is -2.08. The normalized spacial score (nSPS) is 10.6. The van der Waals surface area contributed by atoms with Crippen LogP contribution < -0.4 is 5.73 Å². The second-order valence-corrected chi connectivity index (χ2v) is 4.46. The molecule has 0 saturated heterocycles. The van der Waals surface area contributed by atoms with Crippen LogP contribution in [0.4, 0.5) is 5.95 Å². The SMILES string of the molecule is Cc1cn(-c2ccc(Br)cc2C)c(N)n1. The van der Waals surface area contributed by atoms with Crippen LogP contribution in [0.1, 0.15) is 11.3 Å². The number of nitrogens with zero attached hydrogens (tertiary/aromatic N) is 2. The molecule has 0 amide bonds. The minimum absolute atomic E-state index is 0.526. The van der Waals surface area contributed by atoms with E-state index in [9.17, 15) is 0 Å². The van der Waals surface area contributed by atoms with Gasteiger partial charge in [0.25, 0.3) is 0 Å². The zero-order valence-electron chi connectivity index (χ0n) is 8.66. The van der Waals surface area contributed by atoms with Crippen molar-refractivity contribution in [1.82, 2.24) is 9.55 Å². The summed E-state index contributed by atoms with van der Waals surface area (Å²) < 4.78 is 2.97. The molecule has 4 heteroatoms. The molecule has 2 aromatic rings. The van der Waals surface area contributed by atoms with E-state index >= 15 is 0 Å². The molecule has 3 nitrogen and oxygen atoms in total. The van der Waals surface area contributed by atoms with E-state index in [1.54, 1.807) is 0 Å². The Hall–Kier alpha value is -1.29. The Bertz CT molecular complexity index is 503. The van der Waals surface area contributed by atoms with Crippen LogP contribution in [0.5, 0.6) is 0 Å². The molecule has 0 unspecified atom stereocenters. The van der Waals surface area contributed by atoms with Crippen LogP contribution in [-0.2, 0) is 0 Å². The summed E-state index contributed by atoms with van der Waals surface area (Å²) in [6.45, 7) is 3.98. The first-order valence-electron chi connectivity index (χ1n) is 4.66. The van der Waals surface area contributed by atoms with Crippen molar-refractivity contribution < 1.29 is 0 Å². The van der Waals surface area contributed by atoms with Crippen molar-refractivity contribution in [2.45, 2.75) is 13.8 Å². The number of anilines is 1. The van der Waals surface area contributed by atoms with Crippen molar-refractivity contribution in [3.8, 4) is 5.69 Å². The molecular formula is C11H12BrN3. The largest absolute Gasteiger partial charge is 0.369 e. The lowest BCUT2D eigenvalue weighted by molar-refractivity contribution is 1.05. The highest BCUT2D eigenvalue weighted by atomic mass is 79.9. The summed E-state index contributed by atoms with van der Waals surface area (Å²) in [5.41, 5.74) is 8.97. The Morgan fingerprint density at radius 2 is 2.07 bits per heavy atom. The maximum atomic E-state index is 5.82. The van der Waals surface area contributed by atoms with Crippen LogP contribution in [0.2, 0.25) is 0 Å². The van der Waals surface area contributed by atoms with Crippen molar-refractivity contribution in [3.05, 3.63) is 40.1 Å². The predicted octanol–water partition coefficient (Wildman–Crippen LogP) is 2.83. The molecule has 0 atom stereocenters. The molecule has 15 heavy (non-hydrogen) atoms. The Morgan fingerprint density at radius 1 is 1.33 bits per heavy atom. The van der Waals surface area contributed by atoms with Gasteiger partial charge < -0.3 is 5.73 Å². The van der Waals surface area contributed by atoms with E-state index in [-0.39, 0.29) is 0 Å². The predicted molar refractivity (Wildman–Crippen MR) is 65.2 cm³/mol. The van der Waals surface area contributed by atoms with E-state index in [0.29, 0.717) is 5.95 Å². The molecule has 0 aliphatic rings. The molecule has 0 bridgehead atoms. The monoisotopic (exact) mass is 265 g/mol. The van der Waals surface area contributed by atoms with Crippen LogP contribution in [-0.4, -0.2) is 9.55 Å². The van der Waals surface area contributed by atoms with E-state index in [1.807, 2.05) is 29.8 Å². The molecule has 1 aromatic heterocycles. The smallest absolute Gasteiger partial charge is 0.205 e. The van der Waals surface area contributed by atoms with Gasteiger partial charge in [0.2, 0.25) is 5.95 Å². The van der Waals surface area contributed by atoms with Gasteiger partial charge in [-0.05, 0) is 37.6 Å². The molecule has 0 aliphatic heterocycles. The molecule has 0 radical (unpaired) electrons. The Morgan fingerprint density at radius 3 is 2.60 bits per heavy atom. The first kappa shape index (κ1) is 10.2. The first-order valence-corrected chi connectivity index (χ1v) is 5.45. The number of nitrogen functional groups attached to an aromatic ring is 1. The maximum absolute atomic E-state index is 5.82. The van der Waals surface area contributed by atoms with Gasteiger partial charge in [-0.1, -0.05) is 15.9 Å². The number of imidazole rings is 1. The van der Waals surface area contributed by atoms with Gasteiger partial charge in [-0.3, -0.25) is 4.57 Å². The Kier molecular flexibility index (Phi) is 2.52. The molecule has 0 spiro atoms. The molecular weight excluding hydrogens is 254 g/mol. The van der Waals surface area contributed by atoms with E-state index in [0.717, 1.165) is 21.4 Å². The third-order valence-corrected chi connectivity index (χ3v) is 2.77. The Labute approximate surface area is 97.1 Å². The zero-order chi connectivity index (χ0) is 11.0. The molecule has 0 aliphatic carbocycles. The number of hydrogen-bond acceptors (Lipinski definition) is 2. The number of rotatable bonds is 1. The van der Waals surface area contributed by atoms with E-state index in [4.69, 9.17) is 5.73 Å². The van der Waals surface area contributed by atoms with Crippen LogP contribution in [0.25, 0.3) is 5.69 Å². The van der Waals surface area contributed by atoms with Crippen LogP contribution in [0.15, 0.2) is 28.9 Å². The summed E-state index contributed by atoms with van der Waals surface area (Å²) in [6.07, 6.45) is 1.94. The van der Waals surface area contributed by atoms with Crippen molar-refractivity contribution in [3.63, 3.8) is 0 Å². The number of aryl methyl sites for hydroxylation is 2. The zero-order valence-corrected chi connectivity index (χ0v) is 10.2. The van der Waals surface area contributed by atoms with E-state index in [1.165, 1.54) is 0 Å². The average molecular weight is 266 g/mol. The van der Waals surface area contributed by atoms with Gasteiger partial charge in [-0.2, -0.15) is 0 Å². The first-order chi connectivity index (χ1) is 7.08. The fourth-order valence-electron chi connectivity index (χ4n) is 1.60. The molecule has 2 rings (SSSR count). The topological polar surface area (TPSA) is 43.8 Å². The van der Waals surface area contributed by atoms with Gasteiger partial charge in [0, 0.05) is 10.7 Å². The van der Waals surface area contributed by atoms with Crippen molar-refractivity contribution in [2.75, 3.05) is 5.73 Å². The van der Waals surface area contributed by atoms with Crippen LogP contribution in [0.3, 0.4) is 0 Å². The third kappa shape index (κ3) is 1.90. The second kappa shape index (κ2) is 3.70. The molecule has 78 valence electrons. The van der Waals surface area contributed by atoms with E-state index < -0.39 is 0 Å². The molecule has 1 heterocycles. The third-order valence-electron chi connectivity index (χ3n) is 2.27. The highest BCUT2D eigenvalue weighted by Crippen LogP contribution is 2.21. The van der Waals surface area contributed by atoms with Gasteiger partial charge in [0.1, 0.15) is 0 Å². The van der Waals surface area contributed by atoms with Gasteiger partial charge in [0.15, 0.2) is 0 Å². The van der Waals surface area contributed by atoms with Gasteiger partial charge in [-0.25, -0.2) is 4.98 Å². The Balaban J connectivity index is 2.59. The van der Waals surface area contributed by atoms with Crippen LogP contribution in [0, 0.1) is 13.8 Å². The summed E-state index contributed by atoms with van der Waals surface area (Å²) >= 11 is 3.44. The van der Waals surface area contributed by atoms with Crippen molar-refractivity contribution in [1.29, 1.82) is 0 Å². The second-order valence-electron chi connectivity index (χ2n) is 3.54. The number of nitrogens with two attached hydrogens (primary N) is 1. The summed E-state index contributed by atoms with van der Waals surface area (Å²) in [4.78, 5) is 4.18. The van der Waals surface area contributed by atoms with E-state index in [2.05, 4.69) is 33.9 Å². The lowest BCUT2D eigenvalue weighted by Crippen LogP contribution is -2.01. The fourth-order valence-corrected chi connectivity index (χ4v) is 2.07. The number of halogens is 1. The summed E-state index contributed by atoms with van der Waals surface area (Å²) in [7, 11) is 0.